The molecule has 0 radical (unpaired) electrons. The van der Waals surface area contributed by atoms with E-state index in [1.807, 2.05) is 0 Å². The number of fused-ring (bicyclic) bond motifs is 6. The first-order valence-electron chi connectivity index (χ1n) is 15.0. The first-order chi connectivity index (χ1) is 23.1. The molecule has 0 unspecified atom stereocenters. The Balaban J connectivity index is 1.56. The highest BCUT2D eigenvalue weighted by atomic mass is 32.2. The van der Waals surface area contributed by atoms with Crippen molar-refractivity contribution in [3.8, 4) is 22.6 Å². The zero-order chi connectivity index (χ0) is 35.0. The summed E-state index contributed by atoms with van der Waals surface area (Å²) in [6, 6.07) is 16.4. The maximum absolute atomic E-state index is 15.0. The molecule has 7 aromatic rings. The molecule has 250 valence electrons. The number of aromatic nitrogens is 3. The second-order valence-electron chi connectivity index (χ2n) is 11.9. The van der Waals surface area contributed by atoms with Gasteiger partial charge in [-0.15, -0.1) is 0 Å². The molecule has 0 amide bonds. The third-order valence-electron chi connectivity index (χ3n) is 8.48. The molecule has 14 heteroatoms. The average molecular weight is 703 g/mol. The van der Waals surface area contributed by atoms with Crippen molar-refractivity contribution in [3.63, 3.8) is 0 Å². The minimum atomic E-state index is -3.82. The largest absolute Gasteiger partial charge is 0.455 e. The van der Waals surface area contributed by atoms with Crippen LogP contribution in [0.5, 0.6) is 0 Å². The smallest absolute Gasteiger partial charge is 0.232 e. The second kappa shape index (κ2) is 11.4. The van der Waals surface area contributed by atoms with Crippen molar-refractivity contribution in [2.45, 2.75) is 19.1 Å². The van der Waals surface area contributed by atoms with Crippen LogP contribution >= 0.6 is 0 Å². The normalized spacial score (nSPS) is 12.4. The van der Waals surface area contributed by atoms with Gasteiger partial charge in [-0.2, -0.15) is 0 Å². The van der Waals surface area contributed by atoms with Gasteiger partial charge in [0.2, 0.25) is 10.0 Å². The van der Waals surface area contributed by atoms with Gasteiger partial charge in [0.25, 0.3) is 0 Å². The summed E-state index contributed by atoms with van der Waals surface area (Å²) in [6.07, 6.45) is 3.71. The number of furan rings is 1. The Kier molecular flexibility index (Phi) is 7.56. The van der Waals surface area contributed by atoms with E-state index in [-0.39, 0.29) is 46.0 Å². The minimum absolute atomic E-state index is 0.134. The Hall–Kier alpha value is -5.21. The Morgan fingerprint density at radius 2 is 1.65 bits per heavy atom. The van der Waals surface area contributed by atoms with E-state index in [1.54, 1.807) is 35.6 Å². The zero-order valence-electron chi connectivity index (χ0n) is 26.7. The number of anilines is 1. The van der Waals surface area contributed by atoms with Crippen molar-refractivity contribution in [2.24, 2.45) is 0 Å². The van der Waals surface area contributed by atoms with Crippen molar-refractivity contribution >= 4 is 69.6 Å². The number of rotatable bonds is 8. The molecule has 49 heavy (non-hydrogen) atoms. The van der Waals surface area contributed by atoms with Gasteiger partial charge in [0.05, 0.1) is 45.9 Å². The molecule has 7 rings (SSSR count). The van der Waals surface area contributed by atoms with E-state index in [4.69, 9.17) is 4.42 Å². The molecule has 0 fully saturated rings. The number of Topliss-reactive ketones (excluding diaryl/α,β-unsaturated/α-hetero) is 1. The van der Waals surface area contributed by atoms with Crippen LogP contribution in [-0.4, -0.2) is 56.5 Å². The highest BCUT2D eigenvalue weighted by Gasteiger charge is 2.27. The van der Waals surface area contributed by atoms with Gasteiger partial charge in [0, 0.05) is 53.1 Å². The first-order valence-corrected chi connectivity index (χ1v) is 19.0. The molecule has 0 bridgehead atoms. The summed E-state index contributed by atoms with van der Waals surface area (Å²) in [6.45, 7) is 1.70. The van der Waals surface area contributed by atoms with Gasteiger partial charge < -0.3 is 4.42 Å². The standard InChI is InChI=1S/C35H28F2N4O6S2/c1-5-31(42)34-24-13-22(29(40(2)49(4,45)46)16-32(24)47-35(34)19-9-11-20(36)12-10-19)26-14-23-27(17-38-26)39-33(18-48(3,43)44)41-28-8-6-7-25(37)21(28)15-30(23)41/h6-17H,5,18H2,1-4H3. The van der Waals surface area contributed by atoms with Crippen molar-refractivity contribution in [2.75, 3.05) is 23.9 Å². The van der Waals surface area contributed by atoms with E-state index in [0.717, 1.165) is 16.8 Å². The molecule has 0 aliphatic carbocycles. The van der Waals surface area contributed by atoms with Gasteiger partial charge in [0.15, 0.2) is 15.6 Å². The Labute approximate surface area is 279 Å². The average Bonchev–Trinajstić information content (AvgIpc) is 3.63. The van der Waals surface area contributed by atoms with E-state index in [1.165, 1.54) is 55.7 Å². The molecule has 0 spiro atoms. The number of carbonyl (C=O) groups is 1. The lowest BCUT2D eigenvalue weighted by Crippen LogP contribution is -2.25. The fourth-order valence-electron chi connectivity index (χ4n) is 6.12. The number of sulfone groups is 1. The van der Waals surface area contributed by atoms with Crippen LogP contribution in [-0.2, 0) is 25.6 Å². The molecule has 3 aromatic carbocycles. The van der Waals surface area contributed by atoms with Gasteiger partial charge in [-0.05, 0) is 54.6 Å². The number of pyridine rings is 1. The molecule has 4 heterocycles. The molecule has 0 saturated carbocycles. The number of halogens is 2. The van der Waals surface area contributed by atoms with Crippen LogP contribution in [0.15, 0.2) is 77.3 Å². The number of sulfonamides is 1. The van der Waals surface area contributed by atoms with E-state index < -0.39 is 37.2 Å². The van der Waals surface area contributed by atoms with Crippen LogP contribution in [0.25, 0.3) is 60.9 Å². The summed E-state index contributed by atoms with van der Waals surface area (Å²) in [4.78, 5) is 22.6. The van der Waals surface area contributed by atoms with Crippen LogP contribution in [0.1, 0.15) is 29.5 Å². The molecule has 0 aliphatic rings. The highest BCUT2D eigenvalue weighted by Crippen LogP contribution is 2.42. The Bertz CT molecular complexity index is 2740. The topological polar surface area (TPSA) is 132 Å². The van der Waals surface area contributed by atoms with Gasteiger partial charge >= 0.3 is 0 Å². The monoisotopic (exact) mass is 702 g/mol. The highest BCUT2D eigenvalue weighted by molar-refractivity contribution is 7.92. The van der Waals surface area contributed by atoms with E-state index in [0.29, 0.717) is 44.1 Å². The number of benzene rings is 3. The molecule has 0 aliphatic heterocycles. The molecule has 4 aromatic heterocycles. The van der Waals surface area contributed by atoms with E-state index >= 15 is 4.39 Å². The lowest BCUT2D eigenvalue weighted by atomic mass is 9.97. The summed E-state index contributed by atoms with van der Waals surface area (Å²) in [5, 5.41) is 1.16. The SMILES string of the molecule is CCC(=O)c1c(-c2ccc(F)cc2)oc2cc(N(C)S(C)(=O)=O)c(-c3cc4c(cn3)nc(CS(C)(=O)=O)n3c5cccc(F)c5cc43)cc12. The van der Waals surface area contributed by atoms with Crippen molar-refractivity contribution in [3.05, 3.63) is 95.9 Å². The van der Waals surface area contributed by atoms with Gasteiger partial charge in [-0.1, -0.05) is 13.0 Å². The lowest BCUT2D eigenvalue weighted by molar-refractivity contribution is 0.0989. The summed E-state index contributed by atoms with van der Waals surface area (Å²) in [5.41, 5.74) is 3.00. The molecule has 0 N–H and O–H groups in total. The van der Waals surface area contributed by atoms with Crippen molar-refractivity contribution in [1.82, 2.24) is 14.4 Å². The minimum Gasteiger partial charge on any atom is -0.455 e. The number of ketones is 1. The van der Waals surface area contributed by atoms with Crippen molar-refractivity contribution in [1.29, 1.82) is 0 Å². The fraction of sp³-hybridized carbons (Fsp3) is 0.171. The summed E-state index contributed by atoms with van der Waals surface area (Å²) >= 11 is 0. The van der Waals surface area contributed by atoms with Crippen LogP contribution < -0.4 is 4.31 Å². The van der Waals surface area contributed by atoms with Gasteiger partial charge in [-0.25, -0.2) is 30.6 Å². The quantitative estimate of drug-likeness (QED) is 0.156. The summed E-state index contributed by atoms with van der Waals surface area (Å²) in [5.74, 6) is -1.23. The number of carbonyl (C=O) groups excluding carboxylic acids is 1. The van der Waals surface area contributed by atoms with Crippen LogP contribution in [0.3, 0.4) is 0 Å². The molecular weight excluding hydrogens is 675 g/mol. The van der Waals surface area contributed by atoms with E-state index in [2.05, 4.69) is 9.97 Å². The van der Waals surface area contributed by atoms with Crippen LogP contribution in [0, 0.1) is 11.6 Å². The van der Waals surface area contributed by atoms with Crippen molar-refractivity contribution < 1.29 is 34.8 Å². The van der Waals surface area contributed by atoms with Gasteiger partial charge in [-0.3, -0.25) is 18.5 Å². The molecule has 0 saturated heterocycles. The molecule has 10 nitrogen and oxygen atoms in total. The fourth-order valence-corrected chi connectivity index (χ4v) is 7.29. The van der Waals surface area contributed by atoms with Crippen LogP contribution in [0.2, 0.25) is 0 Å². The second-order valence-corrected chi connectivity index (χ2v) is 16.1. The lowest BCUT2D eigenvalue weighted by Gasteiger charge is -2.20. The number of hydrogen-bond acceptors (Lipinski definition) is 8. The molecule has 0 atom stereocenters. The number of nitrogens with zero attached hydrogens (tertiary/aromatic N) is 4. The third kappa shape index (κ3) is 5.60. The maximum atomic E-state index is 15.0. The molecular formula is C35H28F2N4O6S2. The predicted molar refractivity (Wildman–Crippen MR) is 185 cm³/mol. The Morgan fingerprint density at radius 1 is 0.918 bits per heavy atom. The number of hydrogen-bond donors (Lipinski definition) is 0. The summed E-state index contributed by atoms with van der Waals surface area (Å²) in [7, 11) is -5.98. The zero-order valence-corrected chi connectivity index (χ0v) is 28.3. The Morgan fingerprint density at radius 3 is 2.33 bits per heavy atom. The first kappa shape index (κ1) is 32.3. The van der Waals surface area contributed by atoms with Crippen LogP contribution in [0.4, 0.5) is 14.5 Å². The predicted octanol–water partition coefficient (Wildman–Crippen LogP) is 6.93. The van der Waals surface area contributed by atoms with E-state index in [9.17, 15) is 26.0 Å². The third-order valence-corrected chi connectivity index (χ3v) is 10.5. The summed E-state index contributed by atoms with van der Waals surface area (Å²) < 4.78 is 88.2. The van der Waals surface area contributed by atoms with Gasteiger partial charge in [0.1, 0.15) is 34.6 Å². The maximum Gasteiger partial charge on any atom is 0.232 e.